The summed E-state index contributed by atoms with van der Waals surface area (Å²) < 4.78 is 0. The number of hydrogen-bond donors (Lipinski definition) is 1. The van der Waals surface area contributed by atoms with Crippen LogP contribution in [-0.2, 0) is 9.59 Å². The normalized spacial score (nSPS) is 17.3. The Morgan fingerprint density at radius 2 is 1.86 bits per heavy atom. The summed E-state index contributed by atoms with van der Waals surface area (Å²) in [5.74, 6) is 0.723. The minimum Gasteiger partial charge on any atom is -0.341 e. The van der Waals surface area contributed by atoms with Gasteiger partial charge in [-0.05, 0) is 31.3 Å². The van der Waals surface area contributed by atoms with Crippen molar-refractivity contribution in [2.75, 3.05) is 32.6 Å². The molecular weight excluding hydrogens is 286 g/mol. The first-order valence-electron chi connectivity index (χ1n) is 7.72. The molecule has 1 rings (SSSR count). The van der Waals surface area contributed by atoms with E-state index in [2.05, 4.69) is 0 Å². The number of carbonyl (C=O) groups is 2. The topological polar surface area (TPSA) is 66.6 Å². The van der Waals surface area contributed by atoms with Gasteiger partial charge in [-0.2, -0.15) is 11.8 Å². The van der Waals surface area contributed by atoms with Crippen LogP contribution in [0.5, 0.6) is 0 Å². The van der Waals surface area contributed by atoms with Gasteiger partial charge in [0.1, 0.15) is 0 Å². The average Bonchev–Trinajstić information content (AvgIpc) is 2.51. The molecule has 6 heteroatoms. The Morgan fingerprint density at radius 3 is 2.43 bits per heavy atom. The number of nitrogens with zero attached hydrogens (tertiary/aromatic N) is 2. The minimum atomic E-state index is -0.504. The number of rotatable bonds is 7. The molecule has 0 aliphatic heterocycles. The molecule has 1 atom stereocenters. The molecule has 122 valence electrons. The molecule has 1 aliphatic carbocycles. The Morgan fingerprint density at radius 1 is 1.24 bits per heavy atom. The maximum atomic E-state index is 12.3. The van der Waals surface area contributed by atoms with Crippen molar-refractivity contribution in [1.29, 1.82) is 0 Å². The summed E-state index contributed by atoms with van der Waals surface area (Å²) in [4.78, 5) is 27.7. The van der Waals surface area contributed by atoms with Crippen LogP contribution in [0.4, 0.5) is 0 Å². The van der Waals surface area contributed by atoms with E-state index in [1.54, 1.807) is 18.8 Å². The molecule has 5 nitrogen and oxygen atoms in total. The summed E-state index contributed by atoms with van der Waals surface area (Å²) in [7, 11) is 3.51. The van der Waals surface area contributed by atoms with Crippen LogP contribution in [-0.4, -0.2) is 66.3 Å². The van der Waals surface area contributed by atoms with Crippen LogP contribution in [0.2, 0.25) is 0 Å². The van der Waals surface area contributed by atoms with Gasteiger partial charge in [0.15, 0.2) is 0 Å². The van der Waals surface area contributed by atoms with E-state index in [9.17, 15) is 9.59 Å². The van der Waals surface area contributed by atoms with Crippen molar-refractivity contribution in [1.82, 2.24) is 9.80 Å². The standard InChI is InChI=1S/C15H29N3O2S/c1-17(15(20)13(16)9-10-21-3)11-14(19)18(2)12-7-5-4-6-8-12/h12-13H,4-11,16H2,1-3H3/t13-/m1/s1. The molecule has 0 aromatic rings. The van der Waals surface area contributed by atoms with E-state index in [0.29, 0.717) is 12.5 Å². The zero-order valence-corrected chi connectivity index (χ0v) is 14.3. The van der Waals surface area contributed by atoms with Crippen LogP contribution >= 0.6 is 11.8 Å². The quantitative estimate of drug-likeness (QED) is 0.769. The van der Waals surface area contributed by atoms with E-state index >= 15 is 0 Å². The van der Waals surface area contributed by atoms with Crippen molar-refractivity contribution >= 4 is 23.6 Å². The second kappa shape index (κ2) is 9.30. The molecule has 21 heavy (non-hydrogen) atoms. The lowest BCUT2D eigenvalue weighted by Crippen LogP contribution is -2.48. The van der Waals surface area contributed by atoms with E-state index in [-0.39, 0.29) is 18.4 Å². The molecule has 0 spiro atoms. The van der Waals surface area contributed by atoms with E-state index in [0.717, 1.165) is 18.6 Å². The van der Waals surface area contributed by atoms with Gasteiger partial charge in [0.05, 0.1) is 12.6 Å². The van der Waals surface area contributed by atoms with E-state index in [4.69, 9.17) is 5.73 Å². The Bertz CT molecular complexity index is 346. The average molecular weight is 315 g/mol. The maximum Gasteiger partial charge on any atom is 0.242 e. The summed E-state index contributed by atoms with van der Waals surface area (Å²) in [6, 6.07) is -0.171. The van der Waals surface area contributed by atoms with Gasteiger partial charge < -0.3 is 15.5 Å². The number of nitrogens with two attached hydrogens (primary N) is 1. The fraction of sp³-hybridized carbons (Fsp3) is 0.867. The van der Waals surface area contributed by atoms with Gasteiger partial charge in [-0.25, -0.2) is 0 Å². The Hall–Kier alpha value is -0.750. The van der Waals surface area contributed by atoms with E-state index < -0.39 is 6.04 Å². The molecule has 0 unspecified atom stereocenters. The highest BCUT2D eigenvalue weighted by Gasteiger charge is 2.25. The van der Waals surface area contributed by atoms with Crippen molar-refractivity contribution in [3.8, 4) is 0 Å². The van der Waals surface area contributed by atoms with Crippen LogP contribution in [0.15, 0.2) is 0 Å². The summed E-state index contributed by atoms with van der Waals surface area (Å²) >= 11 is 1.67. The Balaban J connectivity index is 2.43. The van der Waals surface area contributed by atoms with Crippen LogP contribution < -0.4 is 5.73 Å². The van der Waals surface area contributed by atoms with Crippen LogP contribution in [0.1, 0.15) is 38.5 Å². The molecule has 0 saturated heterocycles. The van der Waals surface area contributed by atoms with Crippen molar-refractivity contribution < 1.29 is 9.59 Å². The zero-order valence-electron chi connectivity index (χ0n) is 13.5. The molecule has 0 bridgehead atoms. The highest BCUT2D eigenvalue weighted by atomic mass is 32.2. The molecule has 0 aromatic heterocycles. The Labute approximate surface area is 132 Å². The van der Waals surface area contributed by atoms with Gasteiger partial charge in [-0.3, -0.25) is 9.59 Å². The number of hydrogen-bond acceptors (Lipinski definition) is 4. The third-order valence-electron chi connectivity index (χ3n) is 4.21. The Kier molecular flexibility index (Phi) is 8.11. The molecule has 0 aromatic carbocycles. The van der Waals surface area contributed by atoms with Crippen molar-refractivity contribution in [3.05, 3.63) is 0 Å². The maximum absolute atomic E-state index is 12.3. The second-order valence-corrected chi connectivity index (χ2v) is 6.86. The molecule has 1 aliphatic rings. The summed E-state index contributed by atoms with van der Waals surface area (Å²) in [6.07, 6.45) is 8.44. The van der Waals surface area contributed by atoms with Gasteiger partial charge >= 0.3 is 0 Å². The monoisotopic (exact) mass is 315 g/mol. The van der Waals surface area contributed by atoms with Crippen molar-refractivity contribution in [2.24, 2.45) is 5.73 Å². The smallest absolute Gasteiger partial charge is 0.242 e. The van der Waals surface area contributed by atoms with Crippen molar-refractivity contribution in [3.63, 3.8) is 0 Å². The van der Waals surface area contributed by atoms with Gasteiger partial charge in [0.2, 0.25) is 11.8 Å². The largest absolute Gasteiger partial charge is 0.341 e. The lowest BCUT2D eigenvalue weighted by atomic mass is 9.94. The number of likely N-dealkylation sites (N-methyl/N-ethyl adjacent to an activating group) is 2. The second-order valence-electron chi connectivity index (χ2n) is 5.88. The van der Waals surface area contributed by atoms with Gasteiger partial charge in [-0.1, -0.05) is 19.3 Å². The van der Waals surface area contributed by atoms with Gasteiger partial charge in [0, 0.05) is 20.1 Å². The highest BCUT2D eigenvalue weighted by molar-refractivity contribution is 7.98. The summed E-state index contributed by atoms with van der Waals surface area (Å²) in [5, 5.41) is 0. The number of carbonyl (C=O) groups excluding carboxylic acids is 2. The van der Waals surface area contributed by atoms with E-state index in [1.165, 1.54) is 24.2 Å². The molecular formula is C15H29N3O2S. The molecule has 2 N–H and O–H groups in total. The summed E-state index contributed by atoms with van der Waals surface area (Å²) in [5.41, 5.74) is 5.87. The number of thioether (sulfide) groups is 1. The summed E-state index contributed by atoms with van der Waals surface area (Å²) in [6.45, 7) is 0.124. The third-order valence-corrected chi connectivity index (χ3v) is 4.86. The molecule has 0 radical (unpaired) electrons. The zero-order chi connectivity index (χ0) is 15.8. The fourth-order valence-corrected chi connectivity index (χ4v) is 3.21. The predicted octanol–water partition coefficient (Wildman–Crippen LogP) is 1.32. The van der Waals surface area contributed by atoms with Crippen LogP contribution in [0.3, 0.4) is 0 Å². The fourth-order valence-electron chi connectivity index (χ4n) is 2.72. The molecule has 2 amide bonds. The van der Waals surface area contributed by atoms with Gasteiger partial charge in [0.25, 0.3) is 0 Å². The first-order valence-corrected chi connectivity index (χ1v) is 9.12. The molecule has 1 fully saturated rings. The molecule has 1 saturated carbocycles. The molecule has 0 heterocycles. The van der Waals surface area contributed by atoms with Crippen molar-refractivity contribution in [2.45, 2.75) is 50.6 Å². The van der Waals surface area contributed by atoms with Crippen LogP contribution in [0, 0.1) is 0 Å². The SMILES string of the molecule is CSCC[C@@H](N)C(=O)N(C)CC(=O)N(C)C1CCCCC1. The van der Waals surface area contributed by atoms with E-state index in [1.807, 2.05) is 18.2 Å². The first kappa shape index (κ1) is 18.3. The first-order chi connectivity index (χ1) is 9.97. The third kappa shape index (κ3) is 5.87. The minimum absolute atomic E-state index is 0.00909. The van der Waals surface area contributed by atoms with Gasteiger partial charge in [-0.15, -0.1) is 0 Å². The lowest BCUT2D eigenvalue weighted by Gasteiger charge is -2.32. The lowest BCUT2D eigenvalue weighted by molar-refractivity contribution is -0.140. The van der Waals surface area contributed by atoms with Crippen LogP contribution in [0.25, 0.3) is 0 Å². The highest BCUT2D eigenvalue weighted by Crippen LogP contribution is 2.21. The predicted molar refractivity (Wildman–Crippen MR) is 88.3 cm³/mol. The number of amides is 2.